The van der Waals surface area contributed by atoms with E-state index >= 15 is 0 Å². The topological polar surface area (TPSA) is 75.4 Å². The van der Waals surface area contributed by atoms with Gasteiger partial charge < -0.3 is 10.4 Å². The molecule has 0 unspecified atom stereocenters. The minimum atomic E-state index is -0.472. The number of benzene rings is 1. The average molecular weight is 285 g/mol. The molecule has 0 spiro atoms. The molecule has 2 N–H and O–H groups in total. The van der Waals surface area contributed by atoms with Crippen molar-refractivity contribution in [2.45, 2.75) is 25.8 Å². The molecule has 1 aliphatic carbocycles. The Morgan fingerprint density at radius 1 is 1.47 bits per heavy atom. The largest absolute Gasteiger partial charge is 0.396 e. The van der Waals surface area contributed by atoms with E-state index < -0.39 is 4.92 Å². The van der Waals surface area contributed by atoms with Crippen LogP contribution in [0.3, 0.4) is 0 Å². The first-order chi connectivity index (χ1) is 9.06. The van der Waals surface area contributed by atoms with E-state index in [4.69, 9.17) is 16.7 Å². The van der Waals surface area contributed by atoms with Crippen molar-refractivity contribution < 1.29 is 10.0 Å². The fraction of sp³-hybridized carbons (Fsp3) is 0.538. The smallest absolute Gasteiger partial charge is 0.288 e. The molecule has 6 heteroatoms. The van der Waals surface area contributed by atoms with Gasteiger partial charge in [-0.2, -0.15) is 0 Å². The molecule has 0 amide bonds. The molecule has 0 saturated heterocycles. The maximum Gasteiger partial charge on any atom is 0.288 e. The first-order valence-corrected chi connectivity index (χ1v) is 6.68. The second kappa shape index (κ2) is 5.86. The van der Waals surface area contributed by atoms with E-state index in [2.05, 4.69) is 5.32 Å². The van der Waals surface area contributed by atoms with Gasteiger partial charge in [-0.1, -0.05) is 17.7 Å². The van der Waals surface area contributed by atoms with Crippen LogP contribution in [-0.2, 0) is 6.54 Å². The van der Waals surface area contributed by atoms with Crippen molar-refractivity contribution in [2.75, 3.05) is 13.2 Å². The van der Waals surface area contributed by atoms with Crippen LogP contribution in [-0.4, -0.2) is 23.2 Å². The van der Waals surface area contributed by atoms with Crippen LogP contribution in [0.25, 0.3) is 0 Å². The number of hydrogen-bond donors (Lipinski definition) is 2. The van der Waals surface area contributed by atoms with E-state index in [1.54, 1.807) is 12.1 Å². The average Bonchev–Trinajstić information content (AvgIpc) is 3.11. The highest BCUT2D eigenvalue weighted by atomic mass is 35.5. The normalized spacial score (nSPS) is 16.3. The van der Waals surface area contributed by atoms with Gasteiger partial charge in [0.2, 0.25) is 0 Å². The summed E-state index contributed by atoms with van der Waals surface area (Å²) < 4.78 is 0. The van der Waals surface area contributed by atoms with Gasteiger partial charge in [-0.05, 0) is 36.3 Å². The quantitative estimate of drug-likeness (QED) is 0.596. The SMILES string of the molecule is O=[N+]([O-])c1cc(CNCC2(CCO)CC2)ccc1Cl. The number of halogens is 1. The number of rotatable bonds is 7. The molecular weight excluding hydrogens is 268 g/mol. The van der Waals surface area contributed by atoms with Crippen LogP contribution in [0.4, 0.5) is 5.69 Å². The number of aliphatic hydroxyl groups excluding tert-OH is 1. The molecule has 1 aromatic carbocycles. The van der Waals surface area contributed by atoms with Crippen molar-refractivity contribution in [2.24, 2.45) is 5.41 Å². The summed E-state index contributed by atoms with van der Waals surface area (Å²) in [6, 6.07) is 4.84. The number of nitro groups is 1. The lowest BCUT2D eigenvalue weighted by Gasteiger charge is -2.14. The molecular formula is C13H17ClN2O3. The van der Waals surface area contributed by atoms with Gasteiger partial charge in [0.15, 0.2) is 0 Å². The fourth-order valence-electron chi connectivity index (χ4n) is 2.21. The van der Waals surface area contributed by atoms with E-state index in [-0.39, 0.29) is 22.7 Å². The highest BCUT2D eigenvalue weighted by Crippen LogP contribution is 2.47. The maximum absolute atomic E-state index is 10.8. The molecule has 0 bridgehead atoms. The lowest BCUT2D eigenvalue weighted by molar-refractivity contribution is -0.384. The molecule has 1 aliphatic rings. The van der Waals surface area contributed by atoms with Gasteiger partial charge in [0, 0.05) is 25.8 Å². The van der Waals surface area contributed by atoms with Gasteiger partial charge in [-0.25, -0.2) is 0 Å². The van der Waals surface area contributed by atoms with Crippen molar-refractivity contribution in [3.8, 4) is 0 Å². The second-order valence-electron chi connectivity index (χ2n) is 5.12. The number of aliphatic hydroxyl groups is 1. The minimum absolute atomic E-state index is 0.0579. The Bertz CT molecular complexity index is 475. The lowest BCUT2D eigenvalue weighted by atomic mass is 10.0. The number of nitrogens with one attached hydrogen (secondary N) is 1. The second-order valence-corrected chi connectivity index (χ2v) is 5.53. The maximum atomic E-state index is 10.8. The number of nitro benzene ring substituents is 1. The van der Waals surface area contributed by atoms with E-state index in [0.717, 1.165) is 31.4 Å². The molecule has 104 valence electrons. The van der Waals surface area contributed by atoms with Crippen molar-refractivity contribution in [1.82, 2.24) is 5.32 Å². The van der Waals surface area contributed by atoms with Crippen LogP contribution < -0.4 is 5.32 Å². The Balaban J connectivity index is 1.90. The Morgan fingerprint density at radius 3 is 2.79 bits per heavy atom. The Morgan fingerprint density at radius 2 is 2.21 bits per heavy atom. The first kappa shape index (κ1) is 14.2. The number of nitrogens with zero attached hydrogens (tertiary/aromatic N) is 1. The van der Waals surface area contributed by atoms with Crippen LogP contribution in [0.1, 0.15) is 24.8 Å². The van der Waals surface area contributed by atoms with Gasteiger partial charge in [-0.15, -0.1) is 0 Å². The van der Waals surface area contributed by atoms with Crippen LogP contribution in [0.15, 0.2) is 18.2 Å². The van der Waals surface area contributed by atoms with Gasteiger partial charge in [0.25, 0.3) is 5.69 Å². The monoisotopic (exact) mass is 284 g/mol. The summed E-state index contributed by atoms with van der Waals surface area (Å²) in [4.78, 5) is 10.3. The van der Waals surface area contributed by atoms with Crippen molar-refractivity contribution in [3.05, 3.63) is 38.9 Å². The Labute approximate surface area is 116 Å². The van der Waals surface area contributed by atoms with Crippen molar-refractivity contribution in [1.29, 1.82) is 0 Å². The molecule has 1 fully saturated rings. The molecule has 0 aromatic heterocycles. The third-order valence-corrected chi connectivity index (χ3v) is 3.96. The fourth-order valence-corrected chi connectivity index (χ4v) is 2.40. The summed E-state index contributed by atoms with van der Waals surface area (Å²) in [6.45, 7) is 1.63. The summed E-state index contributed by atoms with van der Waals surface area (Å²) in [5, 5.41) is 23.2. The summed E-state index contributed by atoms with van der Waals surface area (Å²) >= 11 is 5.76. The van der Waals surface area contributed by atoms with E-state index in [0.29, 0.717) is 6.54 Å². The summed E-state index contributed by atoms with van der Waals surface area (Å²) in [5.74, 6) is 0. The summed E-state index contributed by atoms with van der Waals surface area (Å²) in [5.41, 5.74) is 1.03. The van der Waals surface area contributed by atoms with Gasteiger partial charge in [0.05, 0.1) is 4.92 Å². The van der Waals surface area contributed by atoms with Crippen LogP contribution >= 0.6 is 11.6 Å². The molecule has 2 rings (SSSR count). The predicted molar refractivity (Wildman–Crippen MR) is 73.2 cm³/mol. The number of hydrogen-bond acceptors (Lipinski definition) is 4. The zero-order chi connectivity index (χ0) is 13.9. The Hall–Kier alpha value is -1.17. The van der Waals surface area contributed by atoms with Crippen LogP contribution in [0, 0.1) is 15.5 Å². The van der Waals surface area contributed by atoms with E-state index in [1.807, 2.05) is 0 Å². The lowest BCUT2D eigenvalue weighted by Crippen LogP contribution is -2.24. The van der Waals surface area contributed by atoms with Gasteiger partial charge in [-0.3, -0.25) is 10.1 Å². The first-order valence-electron chi connectivity index (χ1n) is 6.31. The molecule has 5 nitrogen and oxygen atoms in total. The van der Waals surface area contributed by atoms with E-state index in [9.17, 15) is 10.1 Å². The van der Waals surface area contributed by atoms with Gasteiger partial charge >= 0.3 is 0 Å². The molecule has 1 aromatic rings. The van der Waals surface area contributed by atoms with Crippen LogP contribution in [0.2, 0.25) is 5.02 Å². The molecule has 1 saturated carbocycles. The highest BCUT2D eigenvalue weighted by Gasteiger charge is 2.41. The molecule has 19 heavy (non-hydrogen) atoms. The highest BCUT2D eigenvalue weighted by molar-refractivity contribution is 6.32. The van der Waals surface area contributed by atoms with Crippen molar-refractivity contribution >= 4 is 17.3 Å². The molecule has 0 atom stereocenters. The molecule has 0 radical (unpaired) electrons. The zero-order valence-corrected chi connectivity index (χ0v) is 11.3. The molecule has 0 aliphatic heterocycles. The minimum Gasteiger partial charge on any atom is -0.396 e. The van der Waals surface area contributed by atoms with Crippen LogP contribution in [0.5, 0.6) is 0 Å². The summed E-state index contributed by atoms with van der Waals surface area (Å²) in [7, 11) is 0. The van der Waals surface area contributed by atoms with Crippen molar-refractivity contribution in [3.63, 3.8) is 0 Å². The molecule has 0 heterocycles. The van der Waals surface area contributed by atoms with Gasteiger partial charge in [0.1, 0.15) is 5.02 Å². The Kier molecular flexibility index (Phi) is 4.39. The standard InChI is InChI=1S/C13H17ClN2O3/c14-11-2-1-10(7-12(11)16(18)19)8-15-9-13(3-4-13)5-6-17/h1-2,7,15,17H,3-6,8-9H2. The third kappa shape index (κ3) is 3.65. The zero-order valence-electron chi connectivity index (χ0n) is 10.6. The predicted octanol–water partition coefficient (Wildman–Crippen LogP) is 2.50. The third-order valence-electron chi connectivity index (χ3n) is 3.64. The summed E-state index contributed by atoms with van der Waals surface area (Å²) in [6.07, 6.45) is 3.10. The van der Waals surface area contributed by atoms with E-state index in [1.165, 1.54) is 6.07 Å².